The minimum atomic E-state index is -4.84. The molecule has 0 saturated heterocycles. The van der Waals surface area contributed by atoms with Gasteiger partial charge in [-0.2, -0.15) is 5.21 Å². The zero-order chi connectivity index (χ0) is 20.4. The van der Waals surface area contributed by atoms with Crippen molar-refractivity contribution in [3.63, 3.8) is 0 Å². The number of nitrogens with zero attached hydrogens (tertiary/aromatic N) is 3. The fraction of sp³-hybridized carbons (Fsp3) is 0.316. The normalized spacial score (nSPS) is 16.2. The lowest BCUT2D eigenvalue weighted by molar-refractivity contribution is -0.274. The third kappa shape index (κ3) is 4.64. The van der Waals surface area contributed by atoms with Crippen molar-refractivity contribution in [3.05, 3.63) is 53.6 Å². The van der Waals surface area contributed by atoms with E-state index in [9.17, 15) is 17.6 Å². The molecule has 1 aliphatic heterocycles. The summed E-state index contributed by atoms with van der Waals surface area (Å²) in [5, 5.41) is 13.7. The first-order valence-electron chi connectivity index (χ1n) is 8.95. The Hall–Kier alpha value is -3.17. The van der Waals surface area contributed by atoms with Crippen LogP contribution in [0.15, 0.2) is 36.4 Å². The molecule has 0 amide bonds. The molecule has 0 fully saturated rings. The van der Waals surface area contributed by atoms with Crippen LogP contribution in [0.2, 0.25) is 0 Å². The largest absolute Gasteiger partial charge is 0.573 e. The molecule has 2 aromatic carbocycles. The molecule has 0 aliphatic carbocycles. The molecule has 29 heavy (non-hydrogen) atoms. The number of rotatable bonds is 5. The van der Waals surface area contributed by atoms with Gasteiger partial charge in [0.25, 0.3) is 0 Å². The quantitative estimate of drug-likeness (QED) is 0.640. The van der Waals surface area contributed by atoms with Crippen LogP contribution in [0.1, 0.15) is 24.2 Å². The molecule has 0 spiro atoms. The number of ether oxygens (including phenoxy) is 2. The van der Waals surface area contributed by atoms with E-state index in [0.29, 0.717) is 30.0 Å². The molecule has 0 radical (unpaired) electrons. The summed E-state index contributed by atoms with van der Waals surface area (Å²) in [7, 11) is 0. The van der Waals surface area contributed by atoms with Crippen molar-refractivity contribution in [2.45, 2.75) is 38.1 Å². The summed E-state index contributed by atoms with van der Waals surface area (Å²) in [5.41, 5.74) is 1.37. The molecule has 2 heterocycles. The highest BCUT2D eigenvalue weighted by molar-refractivity contribution is 5.68. The van der Waals surface area contributed by atoms with Gasteiger partial charge in [0.05, 0.1) is 6.10 Å². The Morgan fingerprint density at radius 2 is 2.03 bits per heavy atom. The Bertz CT molecular complexity index is 992. The van der Waals surface area contributed by atoms with Crippen LogP contribution in [0.25, 0.3) is 11.1 Å². The number of nitrogens with one attached hydrogen (secondary N) is 1. The van der Waals surface area contributed by atoms with Crippen LogP contribution < -0.4 is 9.47 Å². The van der Waals surface area contributed by atoms with Gasteiger partial charge in [0.1, 0.15) is 17.3 Å². The minimum absolute atomic E-state index is 0.00732. The number of alkyl halides is 3. The number of aromatic amines is 1. The highest BCUT2D eigenvalue weighted by atomic mass is 19.4. The average Bonchev–Trinajstić information content (AvgIpc) is 3.20. The first-order chi connectivity index (χ1) is 13.9. The van der Waals surface area contributed by atoms with Crippen molar-refractivity contribution < 1.29 is 27.0 Å². The predicted octanol–water partition coefficient (Wildman–Crippen LogP) is 4.23. The lowest BCUT2D eigenvalue weighted by Crippen LogP contribution is -2.23. The molecule has 4 rings (SSSR count). The van der Waals surface area contributed by atoms with Crippen LogP contribution in [-0.4, -0.2) is 33.1 Å². The van der Waals surface area contributed by atoms with Gasteiger partial charge in [0.15, 0.2) is 5.82 Å². The first kappa shape index (κ1) is 19.2. The number of benzene rings is 2. The van der Waals surface area contributed by atoms with Crippen LogP contribution in [-0.2, 0) is 12.8 Å². The monoisotopic (exact) mass is 408 g/mol. The second-order valence-electron chi connectivity index (χ2n) is 6.66. The van der Waals surface area contributed by atoms with Crippen molar-refractivity contribution in [1.29, 1.82) is 0 Å². The maximum atomic E-state index is 14.2. The number of hydrogen-bond acceptors (Lipinski definition) is 5. The summed E-state index contributed by atoms with van der Waals surface area (Å²) < 4.78 is 61.4. The summed E-state index contributed by atoms with van der Waals surface area (Å²) >= 11 is 0. The van der Waals surface area contributed by atoms with E-state index in [1.54, 1.807) is 18.2 Å². The zero-order valence-electron chi connectivity index (χ0n) is 15.0. The molecule has 1 aliphatic rings. The van der Waals surface area contributed by atoms with Gasteiger partial charge in [-0.1, -0.05) is 11.3 Å². The summed E-state index contributed by atoms with van der Waals surface area (Å²) in [5.74, 6) is 0.200. The van der Waals surface area contributed by atoms with Crippen molar-refractivity contribution in [2.24, 2.45) is 0 Å². The van der Waals surface area contributed by atoms with E-state index in [4.69, 9.17) is 4.74 Å². The van der Waals surface area contributed by atoms with Crippen LogP contribution in [0.4, 0.5) is 17.6 Å². The standard InChI is InChI=1S/C19H16F4N4O2/c20-16-6-4-14(29-19(21,22)23)10-15(16)11-2-7-17-12(9-11)1-3-13(28-17)5-8-18-24-26-27-25-18/h2,4,6-7,9-10,13H,1,3,5,8H2,(H,24,25,26,27)/t13-/m1/s1. The van der Waals surface area contributed by atoms with Gasteiger partial charge in [-0.05, 0) is 60.7 Å². The molecule has 152 valence electrons. The van der Waals surface area contributed by atoms with E-state index in [0.717, 1.165) is 36.6 Å². The van der Waals surface area contributed by atoms with Crippen LogP contribution in [0.3, 0.4) is 0 Å². The Balaban J connectivity index is 1.50. The number of halogens is 4. The maximum absolute atomic E-state index is 14.2. The van der Waals surface area contributed by atoms with E-state index >= 15 is 0 Å². The smallest absolute Gasteiger partial charge is 0.490 e. The van der Waals surface area contributed by atoms with Gasteiger partial charge >= 0.3 is 6.36 Å². The highest BCUT2D eigenvalue weighted by Gasteiger charge is 2.31. The summed E-state index contributed by atoms with van der Waals surface area (Å²) in [4.78, 5) is 0. The fourth-order valence-corrected chi connectivity index (χ4v) is 3.32. The highest BCUT2D eigenvalue weighted by Crippen LogP contribution is 2.35. The van der Waals surface area contributed by atoms with Gasteiger partial charge in [-0.3, -0.25) is 0 Å². The summed E-state index contributed by atoms with van der Waals surface area (Å²) in [6.07, 6.45) is -2.02. The summed E-state index contributed by atoms with van der Waals surface area (Å²) in [6.45, 7) is 0. The van der Waals surface area contributed by atoms with Crippen LogP contribution >= 0.6 is 0 Å². The second kappa shape index (κ2) is 7.69. The minimum Gasteiger partial charge on any atom is -0.490 e. The number of aryl methyl sites for hydroxylation is 2. The van der Waals surface area contributed by atoms with Gasteiger partial charge in [0.2, 0.25) is 0 Å². The van der Waals surface area contributed by atoms with Crippen molar-refractivity contribution >= 4 is 0 Å². The number of fused-ring (bicyclic) bond motifs is 1. The van der Waals surface area contributed by atoms with E-state index in [-0.39, 0.29) is 11.7 Å². The van der Waals surface area contributed by atoms with Crippen molar-refractivity contribution in [2.75, 3.05) is 0 Å². The predicted molar refractivity (Wildman–Crippen MR) is 93.8 cm³/mol. The molecule has 6 nitrogen and oxygen atoms in total. The Kier molecular flexibility index (Phi) is 5.08. The van der Waals surface area contributed by atoms with Crippen molar-refractivity contribution in [1.82, 2.24) is 20.6 Å². The van der Waals surface area contributed by atoms with Crippen LogP contribution in [0, 0.1) is 5.82 Å². The van der Waals surface area contributed by atoms with Gasteiger partial charge in [0, 0.05) is 12.0 Å². The Morgan fingerprint density at radius 3 is 2.79 bits per heavy atom. The van der Waals surface area contributed by atoms with E-state index in [1.165, 1.54) is 0 Å². The number of tetrazole rings is 1. The molecule has 0 saturated carbocycles. The summed E-state index contributed by atoms with van der Waals surface area (Å²) in [6, 6.07) is 8.02. The van der Waals surface area contributed by atoms with Gasteiger partial charge < -0.3 is 9.47 Å². The second-order valence-corrected chi connectivity index (χ2v) is 6.66. The number of aromatic nitrogens is 4. The lowest BCUT2D eigenvalue weighted by Gasteiger charge is -2.26. The lowest BCUT2D eigenvalue weighted by atomic mass is 9.95. The third-order valence-electron chi connectivity index (χ3n) is 4.65. The number of H-pyrrole nitrogens is 1. The average molecular weight is 408 g/mol. The molecule has 1 aromatic heterocycles. The SMILES string of the molecule is Fc1ccc(OC(F)(F)F)cc1-c1ccc2c(c1)CC[C@H](CCc1nn[nH]n1)O2. The van der Waals surface area contributed by atoms with Crippen molar-refractivity contribution in [3.8, 4) is 22.6 Å². The molecule has 0 unspecified atom stereocenters. The third-order valence-corrected chi connectivity index (χ3v) is 4.65. The zero-order valence-corrected chi connectivity index (χ0v) is 15.0. The molecule has 3 aromatic rings. The fourth-order valence-electron chi connectivity index (χ4n) is 3.32. The van der Waals surface area contributed by atoms with E-state index in [2.05, 4.69) is 25.4 Å². The van der Waals surface area contributed by atoms with E-state index in [1.807, 2.05) is 0 Å². The molecule has 0 bridgehead atoms. The molecular weight excluding hydrogens is 392 g/mol. The first-order valence-corrected chi connectivity index (χ1v) is 8.95. The number of hydrogen-bond donors (Lipinski definition) is 1. The maximum Gasteiger partial charge on any atom is 0.573 e. The molecule has 10 heteroatoms. The topological polar surface area (TPSA) is 72.9 Å². The Morgan fingerprint density at radius 1 is 1.17 bits per heavy atom. The molecule has 1 atom stereocenters. The van der Waals surface area contributed by atoms with Crippen LogP contribution in [0.5, 0.6) is 11.5 Å². The molecular formula is C19H16F4N4O2. The van der Waals surface area contributed by atoms with Gasteiger partial charge in [-0.25, -0.2) is 4.39 Å². The Labute approximate surface area is 162 Å². The van der Waals surface area contributed by atoms with E-state index < -0.39 is 17.9 Å². The van der Waals surface area contributed by atoms with Gasteiger partial charge in [-0.15, -0.1) is 23.4 Å². The molecule has 1 N–H and O–H groups in total.